The molecule has 0 saturated carbocycles. The normalized spacial score (nSPS) is 17.1. The Balaban J connectivity index is 1.48. The summed E-state index contributed by atoms with van der Waals surface area (Å²) in [6.07, 6.45) is 3.95. The molecule has 0 aliphatic carbocycles. The standard InChI is InChI=1S/C31H39N5O5/c1-19(2)15-25(29(38)36-27(31(40)41)17-21-18-33-23-12-7-6-11-22(21)23)34-30(39)26(16-20-9-4-3-5-10-20)35-28(37)24-13-8-14-32-24/h3-7,9-12,18-19,24-27,32-33H,8,13-17H2,1-2H3,(H,34,39)(H,35,37)(H,36,38)(H,40,41). The molecule has 41 heavy (non-hydrogen) atoms. The van der Waals surface area contributed by atoms with Gasteiger partial charge in [0.2, 0.25) is 17.7 Å². The van der Waals surface area contributed by atoms with Crippen LogP contribution in [0.2, 0.25) is 0 Å². The second-order valence-electron chi connectivity index (χ2n) is 11.1. The fraction of sp³-hybridized carbons (Fsp3) is 0.419. The lowest BCUT2D eigenvalue weighted by Gasteiger charge is -2.26. The summed E-state index contributed by atoms with van der Waals surface area (Å²) in [5.41, 5.74) is 2.51. The van der Waals surface area contributed by atoms with E-state index < -0.39 is 35.9 Å². The van der Waals surface area contributed by atoms with Crippen LogP contribution in [0.5, 0.6) is 0 Å². The minimum atomic E-state index is -1.19. The van der Waals surface area contributed by atoms with Crippen LogP contribution in [0.25, 0.3) is 10.9 Å². The van der Waals surface area contributed by atoms with Crippen molar-refractivity contribution in [2.45, 2.75) is 70.1 Å². The van der Waals surface area contributed by atoms with Crippen LogP contribution in [0.1, 0.15) is 44.2 Å². The summed E-state index contributed by atoms with van der Waals surface area (Å²) >= 11 is 0. The molecule has 10 heteroatoms. The summed E-state index contributed by atoms with van der Waals surface area (Å²) in [5, 5.41) is 22.3. The van der Waals surface area contributed by atoms with E-state index in [9.17, 15) is 24.3 Å². The second kappa shape index (κ2) is 13.9. The zero-order valence-corrected chi connectivity index (χ0v) is 23.5. The number of rotatable bonds is 13. The number of H-pyrrole nitrogens is 1. The Morgan fingerprint density at radius 1 is 0.878 bits per heavy atom. The van der Waals surface area contributed by atoms with E-state index in [0.29, 0.717) is 12.8 Å². The number of fused-ring (bicyclic) bond motifs is 1. The molecule has 3 aromatic rings. The first-order chi connectivity index (χ1) is 19.7. The molecule has 1 aromatic heterocycles. The molecule has 2 aromatic carbocycles. The number of carbonyl (C=O) groups is 4. The number of carbonyl (C=O) groups excluding carboxylic acids is 3. The van der Waals surface area contributed by atoms with Crippen molar-refractivity contribution in [2.75, 3.05) is 6.54 Å². The van der Waals surface area contributed by atoms with Crippen molar-refractivity contribution in [1.29, 1.82) is 0 Å². The number of aromatic amines is 1. The lowest BCUT2D eigenvalue weighted by atomic mass is 9.99. The van der Waals surface area contributed by atoms with Gasteiger partial charge in [0.05, 0.1) is 6.04 Å². The van der Waals surface area contributed by atoms with Gasteiger partial charge >= 0.3 is 5.97 Å². The van der Waals surface area contributed by atoms with Crippen LogP contribution in [0.15, 0.2) is 60.8 Å². The summed E-state index contributed by atoms with van der Waals surface area (Å²) in [6, 6.07) is 13.5. The second-order valence-corrected chi connectivity index (χ2v) is 11.1. The van der Waals surface area contributed by atoms with Crippen molar-refractivity contribution >= 4 is 34.6 Å². The third kappa shape index (κ3) is 8.17. The van der Waals surface area contributed by atoms with Crippen molar-refractivity contribution in [2.24, 2.45) is 5.92 Å². The van der Waals surface area contributed by atoms with Crippen LogP contribution in [-0.2, 0) is 32.0 Å². The molecule has 0 radical (unpaired) electrons. The van der Waals surface area contributed by atoms with Crippen molar-refractivity contribution in [3.05, 3.63) is 71.9 Å². The lowest BCUT2D eigenvalue weighted by molar-refractivity contribution is -0.142. The van der Waals surface area contributed by atoms with Crippen LogP contribution in [0.4, 0.5) is 0 Å². The molecule has 10 nitrogen and oxygen atoms in total. The average molecular weight is 562 g/mol. The number of aliphatic carboxylic acids is 1. The van der Waals surface area contributed by atoms with Crippen molar-refractivity contribution in [1.82, 2.24) is 26.3 Å². The molecule has 2 heterocycles. The first-order valence-electron chi connectivity index (χ1n) is 14.2. The number of carboxylic acids is 1. The summed E-state index contributed by atoms with van der Waals surface area (Å²) < 4.78 is 0. The number of amides is 3. The summed E-state index contributed by atoms with van der Waals surface area (Å²) in [6.45, 7) is 4.58. The van der Waals surface area contributed by atoms with E-state index in [4.69, 9.17) is 0 Å². The van der Waals surface area contributed by atoms with Crippen molar-refractivity contribution < 1.29 is 24.3 Å². The van der Waals surface area contributed by atoms with Gasteiger partial charge in [-0.1, -0.05) is 62.4 Å². The monoisotopic (exact) mass is 561 g/mol. The van der Waals surface area contributed by atoms with Gasteiger partial charge in [0.15, 0.2) is 0 Å². The number of nitrogens with one attached hydrogen (secondary N) is 5. The number of benzene rings is 2. The smallest absolute Gasteiger partial charge is 0.326 e. The van der Waals surface area contributed by atoms with Gasteiger partial charge in [-0.15, -0.1) is 0 Å². The number of para-hydroxylation sites is 1. The predicted molar refractivity (Wildman–Crippen MR) is 156 cm³/mol. The van der Waals surface area contributed by atoms with Crippen LogP contribution in [0.3, 0.4) is 0 Å². The van der Waals surface area contributed by atoms with Gasteiger partial charge in [0.1, 0.15) is 18.1 Å². The maximum Gasteiger partial charge on any atom is 0.326 e. The molecule has 1 fully saturated rings. The molecule has 4 rings (SSSR count). The summed E-state index contributed by atoms with van der Waals surface area (Å²) in [7, 11) is 0. The first-order valence-corrected chi connectivity index (χ1v) is 14.2. The molecule has 0 bridgehead atoms. The van der Waals surface area contributed by atoms with Gasteiger partial charge in [-0.2, -0.15) is 0 Å². The average Bonchev–Trinajstić information content (AvgIpc) is 3.63. The number of carboxylic acid groups (broad SMARTS) is 1. The van der Waals surface area contributed by atoms with E-state index in [0.717, 1.165) is 35.0 Å². The quantitative estimate of drug-likeness (QED) is 0.188. The van der Waals surface area contributed by atoms with E-state index in [1.165, 1.54) is 0 Å². The Morgan fingerprint density at radius 3 is 2.24 bits per heavy atom. The molecule has 3 amide bonds. The Morgan fingerprint density at radius 2 is 1.56 bits per heavy atom. The van der Waals surface area contributed by atoms with E-state index in [1.807, 2.05) is 68.4 Å². The molecule has 4 atom stereocenters. The Labute approximate surface area is 239 Å². The van der Waals surface area contributed by atoms with Gasteiger partial charge in [0.25, 0.3) is 0 Å². The van der Waals surface area contributed by atoms with Gasteiger partial charge in [-0.25, -0.2) is 4.79 Å². The van der Waals surface area contributed by atoms with Crippen LogP contribution >= 0.6 is 0 Å². The van der Waals surface area contributed by atoms with E-state index in [-0.39, 0.29) is 30.7 Å². The van der Waals surface area contributed by atoms with Crippen LogP contribution in [0, 0.1) is 5.92 Å². The minimum absolute atomic E-state index is 0.0350. The van der Waals surface area contributed by atoms with Crippen molar-refractivity contribution in [3.63, 3.8) is 0 Å². The van der Waals surface area contributed by atoms with Gasteiger partial charge in [0, 0.05) is 29.9 Å². The van der Waals surface area contributed by atoms with Gasteiger partial charge in [-0.05, 0) is 48.9 Å². The highest BCUT2D eigenvalue weighted by molar-refractivity contribution is 5.94. The SMILES string of the molecule is CC(C)CC(NC(=O)C(Cc1ccccc1)NC(=O)C1CCCN1)C(=O)NC(Cc1c[nH]c2ccccc12)C(=O)O. The number of hydrogen-bond acceptors (Lipinski definition) is 5. The molecular formula is C31H39N5O5. The number of hydrogen-bond donors (Lipinski definition) is 6. The summed E-state index contributed by atoms with van der Waals surface area (Å²) in [5.74, 6) is -2.47. The Bertz CT molecular complexity index is 1350. The topological polar surface area (TPSA) is 152 Å². The molecule has 1 aliphatic heterocycles. The largest absolute Gasteiger partial charge is 0.480 e. The van der Waals surface area contributed by atoms with Crippen LogP contribution in [-0.4, -0.2) is 64.5 Å². The van der Waals surface area contributed by atoms with Gasteiger partial charge in [-0.3, -0.25) is 14.4 Å². The fourth-order valence-electron chi connectivity index (χ4n) is 5.21. The molecule has 6 N–H and O–H groups in total. The minimum Gasteiger partial charge on any atom is -0.480 e. The zero-order chi connectivity index (χ0) is 29.4. The molecule has 1 aliphatic rings. The predicted octanol–water partition coefficient (Wildman–Crippen LogP) is 2.29. The molecular weight excluding hydrogens is 522 g/mol. The fourth-order valence-corrected chi connectivity index (χ4v) is 5.21. The zero-order valence-electron chi connectivity index (χ0n) is 23.5. The number of aromatic nitrogens is 1. The summed E-state index contributed by atoms with van der Waals surface area (Å²) in [4.78, 5) is 55.2. The van der Waals surface area contributed by atoms with E-state index >= 15 is 0 Å². The van der Waals surface area contributed by atoms with Crippen LogP contribution < -0.4 is 21.3 Å². The maximum absolute atomic E-state index is 13.6. The van der Waals surface area contributed by atoms with Crippen molar-refractivity contribution in [3.8, 4) is 0 Å². The third-order valence-electron chi connectivity index (χ3n) is 7.35. The highest BCUT2D eigenvalue weighted by Gasteiger charge is 2.32. The van der Waals surface area contributed by atoms with Gasteiger partial charge < -0.3 is 31.4 Å². The first kappa shape index (κ1) is 29.8. The Hall–Kier alpha value is -4.18. The molecule has 218 valence electrons. The lowest BCUT2D eigenvalue weighted by Crippen LogP contribution is -2.58. The van der Waals surface area contributed by atoms with E-state index in [1.54, 1.807) is 6.20 Å². The molecule has 4 unspecified atom stereocenters. The maximum atomic E-state index is 13.6. The highest BCUT2D eigenvalue weighted by atomic mass is 16.4. The Kier molecular flexibility index (Phi) is 10.1. The molecule has 0 spiro atoms. The van der Waals surface area contributed by atoms with E-state index in [2.05, 4.69) is 26.3 Å². The molecule has 1 saturated heterocycles. The highest BCUT2D eigenvalue weighted by Crippen LogP contribution is 2.19. The third-order valence-corrected chi connectivity index (χ3v) is 7.35.